The highest BCUT2D eigenvalue weighted by atomic mass is 32.2. The second kappa shape index (κ2) is 6.70. The lowest BCUT2D eigenvalue weighted by Crippen LogP contribution is -2.35. The highest BCUT2D eigenvalue weighted by Crippen LogP contribution is 2.23. The third kappa shape index (κ3) is 3.60. The zero-order chi connectivity index (χ0) is 16.2. The molecule has 1 rings (SSSR count). The van der Waals surface area contributed by atoms with Gasteiger partial charge < -0.3 is 5.11 Å². The van der Waals surface area contributed by atoms with Gasteiger partial charge in [-0.15, -0.1) is 0 Å². The van der Waals surface area contributed by atoms with Crippen molar-refractivity contribution in [3.63, 3.8) is 0 Å². The standard InChI is InChI=1S/C14H18N2O4S/c1-4-16(9-10(2)8-15)21(19,20)13-7-5-6-12(11(13)3)14(17)18/h5-7,10H,4,9H2,1-3H3,(H,17,18). The SMILES string of the molecule is CCN(CC(C)C#N)S(=O)(=O)c1cccc(C(=O)O)c1C. The van der Waals surface area contributed by atoms with Gasteiger partial charge in [0, 0.05) is 13.1 Å². The summed E-state index contributed by atoms with van der Waals surface area (Å²) >= 11 is 0. The van der Waals surface area contributed by atoms with Crippen LogP contribution in [-0.4, -0.2) is 36.9 Å². The molecule has 1 aromatic carbocycles. The molecule has 0 saturated heterocycles. The van der Waals surface area contributed by atoms with E-state index in [0.717, 1.165) is 0 Å². The Hall–Kier alpha value is -1.91. The van der Waals surface area contributed by atoms with Gasteiger partial charge in [0.25, 0.3) is 0 Å². The van der Waals surface area contributed by atoms with E-state index in [2.05, 4.69) is 0 Å². The molecule has 0 aliphatic heterocycles. The number of hydrogen-bond acceptors (Lipinski definition) is 4. The van der Waals surface area contributed by atoms with Gasteiger partial charge in [0.2, 0.25) is 10.0 Å². The van der Waals surface area contributed by atoms with Gasteiger partial charge in [-0.2, -0.15) is 9.57 Å². The average Bonchev–Trinajstić information content (AvgIpc) is 2.43. The molecule has 0 heterocycles. The maximum absolute atomic E-state index is 12.6. The molecule has 0 bridgehead atoms. The number of nitriles is 1. The topological polar surface area (TPSA) is 98.5 Å². The number of rotatable bonds is 6. The van der Waals surface area contributed by atoms with Crippen molar-refractivity contribution in [2.75, 3.05) is 13.1 Å². The highest BCUT2D eigenvalue weighted by molar-refractivity contribution is 7.89. The van der Waals surface area contributed by atoms with E-state index >= 15 is 0 Å². The Morgan fingerprint density at radius 3 is 2.57 bits per heavy atom. The number of hydrogen-bond donors (Lipinski definition) is 1. The molecule has 0 aliphatic rings. The van der Waals surface area contributed by atoms with Crippen molar-refractivity contribution in [2.24, 2.45) is 5.92 Å². The van der Waals surface area contributed by atoms with Crippen LogP contribution < -0.4 is 0 Å². The van der Waals surface area contributed by atoms with Crippen LogP contribution in [0.4, 0.5) is 0 Å². The second-order valence-electron chi connectivity index (χ2n) is 4.72. The van der Waals surface area contributed by atoms with Crippen LogP contribution in [0.25, 0.3) is 0 Å². The van der Waals surface area contributed by atoms with Gasteiger partial charge in [-0.1, -0.05) is 13.0 Å². The lowest BCUT2D eigenvalue weighted by Gasteiger charge is -2.22. The Morgan fingerprint density at radius 1 is 1.48 bits per heavy atom. The minimum absolute atomic E-state index is 0.0330. The number of aromatic carboxylic acids is 1. The van der Waals surface area contributed by atoms with Crippen LogP contribution in [0.15, 0.2) is 23.1 Å². The minimum atomic E-state index is -3.82. The highest BCUT2D eigenvalue weighted by Gasteiger charge is 2.27. The molecule has 1 aromatic rings. The van der Waals surface area contributed by atoms with Crippen LogP contribution in [0.5, 0.6) is 0 Å². The summed E-state index contributed by atoms with van der Waals surface area (Å²) in [4.78, 5) is 11.1. The Morgan fingerprint density at radius 2 is 2.10 bits per heavy atom. The van der Waals surface area contributed by atoms with Crippen molar-refractivity contribution in [3.05, 3.63) is 29.3 Å². The van der Waals surface area contributed by atoms with Crippen molar-refractivity contribution >= 4 is 16.0 Å². The van der Waals surface area contributed by atoms with E-state index < -0.39 is 21.9 Å². The van der Waals surface area contributed by atoms with Crippen LogP contribution >= 0.6 is 0 Å². The normalized spacial score (nSPS) is 12.9. The van der Waals surface area contributed by atoms with Crippen molar-refractivity contribution in [2.45, 2.75) is 25.7 Å². The van der Waals surface area contributed by atoms with Crippen molar-refractivity contribution in [1.29, 1.82) is 5.26 Å². The summed E-state index contributed by atoms with van der Waals surface area (Å²) in [6.07, 6.45) is 0. The predicted molar refractivity (Wildman–Crippen MR) is 77.3 cm³/mol. The fourth-order valence-electron chi connectivity index (χ4n) is 2.01. The summed E-state index contributed by atoms with van der Waals surface area (Å²) in [7, 11) is -3.82. The molecular formula is C14H18N2O4S. The number of sulfonamides is 1. The first-order valence-electron chi connectivity index (χ1n) is 6.48. The first kappa shape index (κ1) is 17.1. The molecule has 0 spiro atoms. The third-order valence-electron chi connectivity index (χ3n) is 3.18. The maximum atomic E-state index is 12.6. The van der Waals surface area contributed by atoms with Gasteiger partial charge in [-0.3, -0.25) is 0 Å². The molecule has 6 nitrogen and oxygen atoms in total. The van der Waals surface area contributed by atoms with Crippen LogP contribution in [0.3, 0.4) is 0 Å². The molecule has 1 N–H and O–H groups in total. The first-order chi connectivity index (χ1) is 9.75. The van der Waals surface area contributed by atoms with E-state index in [9.17, 15) is 13.2 Å². The molecule has 0 amide bonds. The molecule has 0 fully saturated rings. The number of carboxylic acids is 1. The molecule has 1 atom stereocenters. The lowest BCUT2D eigenvalue weighted by molar-refractivity contribution is 0.0696. The van der Waals surface area contributed by atoms with Gasteiger partial charge >= 0.3 is 5.97 Å². The molecule has 0 radical (unpaired) electrons. The minimum Gasteiger partial charge on any atom is -0.478 e. The van der Waals surface area contributed by atoms with Crippen LogP contribution in [-0.2, 0) is 10.0 Å². The third-order valence-corrected chi connectivity index (χ3v) is 5.27. The number of benzene rings is 1. The second-order valence-corrected chi connectivity index (χ2v) is 6.63. The summed E-state index contributed by atoms with van der Waals surface area (Å²) in [5.41, 5.74) is 0.161. The number of carbonyl (C=O) groups is 1. The fraction of sp³-hybridized carbons (Fsp3) is 0.429. The summed E-state index contributed by atoms with van der Waals surface area (Å²) < 4.78 is 26.5. The van der Waals surface area contributed by atoms with E-state index in [4.69, 9.17) is 10.4 Å². The number of nitrogens with zero attached hydrogens (tertiary/aromatic N) is 2. The van der Waals surface area contributed by atoms with Gasteiger partial charge in [-0.05, 0) is 31.5 Å². The average molecular weight is 310 g/mol. The smallest absolute Gasteiger partial charge is 0.335 e. The van der Waals surface area contributed by atoms with Gasteiger partial charge in [0.1, 0.15) is 0 Å². The molecule has 0 aliphatic carbocycles. The van der Waals surface area contributed by atoms with Gasteiger partial charge in [0.15, 0.2) is 0 Å². The molecule has 0 saturated carbocycles. The largest absolute Gasteiger partial charge is 0.478 e. The zero-order valence-electron chi connectivity index (χ0n) is 12.2. The fourth-order valence-corrected chi connectivity index (χ4v) is 3.79. The summed E-state index contributed by atoms with van der Waals surface area (Å²) in [6, 6.07) is 6.16. The Kier molecular flexibility index (Phi) is 5.47. The quantitative estimate of drug-likeness (QED) is 0.864. The van der Waals surface area contributed by atoms with Crippen LogP contribution in [0.1, 0.15) is 29.8 Å². The molecule has 21 heavy (non-hydrogen) atoms. The maximum Gasteiger partial charge on any atom is 0.335 e. The van der Waals surface area contributed by atoms with E-state index in [1.165, 1.54) is 29.4 Å². The molecular weight excluding hydrogens is 292 g/mol. The lowest BCUT2D eigenvalue weighted by atomic mass is 10.1. The molecule has 7 heteroatoms. The van der Waals surface area contributed by atoms with Crippen LogP contribution in [0.2, 0.25) is 0 Å². The Bertz CT molecular complexity index is 677. The van der Waals surface area contributed by atoms with Gasteiger partial charge in [0.05, 0.1) is 22.4 Å². The Balaban J connectivity index is 3.33. The molecule has 114 valence electrons. The van der Waals surface area contributed by atoms with Crippen molar-refractivity contribution < 1.29 is 18.3 Å². The van der Waals surface area contributed by atoms with Crippen molar-refractivity contribution in [1.82, 2.24) is 4.31 Å². The van der Waals surface area contributed by atoms with Crippen molar-refractivity contribution in [3.8, 4) is 6.07 Å². The summed E-state index contributed by atoms with van der Waals surface area (Å²) in [6.45, 7) is 5.08. The molecule has 1 unspecified atom stereocenters. The number of carboxylic acid groups (broad SMARTS) is 1. The molecule has 0 aromatic heterocycles. The first-order valence-corrected chi connectivity index (χ1v) is 7.92. The zero-order valence-corrected chi connectivity index (χ0v) is 13.0. The predicted octanol–water partition coefficient (Wildman–Crippen LogP) is 1.86. The van der Waals surface area contributed by atoms with Gasteiger partial charge in [-0.25, -0.2) is 13.2 Å². The van der Waals surface area contributed by atoms with E-state index in [1.54, 1.807) is 13.8 Å². The summed E-state index contributed by atoms with van der Waals surface area (Å²) in [5, 5.41) is 17.9. The van der Waals surface area contributed by atoms with E-state index in [-0.39, 0.29) is 29.1 Å². The van der Waals surface area contributed by atoms with Crippen LogP contribution in [0, 0.1) is 24.2 Å². The monoisotopic (exact) mass is 310 g/mol. The van der Waals surface area contributed by atoms with E-state index in [1.807, 2.05) is 6.07 Å². The van der Waals surface area contributed by atoms with E-state index in [0.29, 0.717) is 0 Å². The Labute approximate surface area is 124 Å². The summed E-state index contributed by atoms with van der Waals surface area (Å²) in [5.74, 6) is -1.61.